The van der Waals surface area contributed by atoms with Gasteiger partial charge in [-0.25, -0.2) is 4.79 Å². The second kappa shape index (κ2) is 1.79. The van der Waals surface area contributed by atoms with Crippen LogP contribution in [0.15, 0.2) is 28.4 Å². The fourth-order valence-corrected chi connectivity index (χ4v) is 2.00. The number of hydrogen-bond acceptors (Lipinski definition) is 3. The van der Waals surface area contributed by atoms with Crippen LogP contribution in [0.5, 0.6) is 0 Å². The number of carbonyl (C=O) groups is 1. The number of aliphatic carboxylic acids is 1. The van der Waals surface area contributed by atoms with Gasteiger partial charge in [-0.1, -0.05) is 12.1 Å². The molecule has 4 heteroatoms. The predicted octanol–water partition coefficient (Wildman–Crippen LogP) is 1.62. The van der Waals surface area contributed by atoms with Crippen molar-refractivity contribution in [3.63, 3.8) is 0 Å². The Hall–Kier alpha value is -1.71. The molecule has 1 unspecified atom stereocenters. The number of benzene rings is 1. The van der Waals surface area contributed by atoms with E-state index in [0.717, 1.165) is 11.1 Å². The third kappa shape index (κ3) is 0.568. The Labute approximate surface area is 73.9 Å². The highest BCUT2D eigenvalue weighted by Gasteiger charge is 2.54. The first-order valence-electron chi connectivity index (χ1n) is 4.03. The number of hydrogen-bond donors (Lipinski definition) is 1. The van der Waals surface area contributed by atoms with Crippen molar-refractivity contribution in [2.75, 3.05) is 0 Å². The molecule has 13 heavy (non-hydrogen) atoms. The molecule has 1 aliphatic carbocycles. The number of rotatable bonds is 1. The van der Waals surface area contributed by atoms with E-state index in [4.69, 9.17) is 5.11 Å². The first kappa shape index (κ1) is 6.77. The maximum absolute atomic E-state index is 11.0. The molecule has 0 aromatic heterocycles. The SMILES string of the molecule is O=C(O)C12Cc3cccc(c31)N=N2. The van der Waals surface area contributed by atoms with Crippen molar-refractivity contribution in [2.24, 2.45) is 10.2 Å². The van der Waals surface area contributed by atoms with Gasteiger partial charge in [-0.15, -0.1) is 0 Å². The summed E-state index contributed by atoms with van der Waals surface area (Å²) in [7, 11) is 0. The topological polar surface area (TPSA) is 62.0 Å². The molecule has 1 N–H and O–H groups in total. The van der Waals surface area contributed by atoms with Crippen LogP contribution in [0.4, 0.5) is 5.69 Å². The number of carboxylic acids is 1. The average molecular weight is 174 g/mol. The highest BCUT2D eigenvalue weighted by atomic mass is 16.4. The van der Waals surface area contributed by atoms with E-state index in [9.17, 15) is 4.79 Å². The summed E-state index contributed by atoms with van der Waals surface area (Å²) < 4.78 is 0. The predicted molar refractivity (Wildman–Crippen MR) is 44.0 cm³/mol. The van der Waals surface area contributed by atoms with E-state index in [2.05, 4.69) is 10.2 Å². The van der Waals surface area contributed by atoms with Crippen LogP contribution < -0.4 is 0 Å². The summed E-state index contributed by atoms with van der Waals surface area (Å²) in [6.45, 7) is 0. The quantitative estimate of drug-likeness (QED) is 0.703. The van der Waals surface area contributed by atoms with Crippen molar-refractivity contribution < 1.29 is 9.90 Å². The molecule has 64 valence electrons. The van der Waals surface area contributed by atoms with Gasteiger partial charge in [0, 0.05) is 12.0 Å². The summed E-state index contributed by atoms with van der Waals surface area (Å²) in [6.07, 6.45) is 0.481. The first-order chi connectivity index (χ1) is 6.24. The van der Waals surface area contributed by atoms with Gasteiger partial charge in [0.25, 0.3) is 0 Å². The molecular weight excluding hydrogens is 168 g/mol. The maximum Gasteiger partial charge on any atom is 0.338 e. The lowest BCUT2D eigenvalue weighted by atomic mass is 9.71. The summed E-state index contributed by atoms with van der Waals surface area (Å²) in [4.78, 5) is 11.0. The molecule has 0 fully saturated rings. The van der Waals surface area contributed by atoms with Gasteiger partial charge in [0.2, 0.25) is 5.54 Å². The van der Waals surface area contributed by atoms with Crippen LogP contribution in [-0.4, -0.2) is 11.1 Å². The van der Waals surface area contributed by atoms with Crippen LogP contribution in [0.25, 0.3) is 0 Å². The molecule has 0 spiro atoms. The maximum atomic E-state index is 11.0. The summed E-state index contributed by atoms with van der Waals surface area (Å²) in [6, 6.07) is 5.60. The zero-order chi connectivity index (χ0) is 9.05. The molecular formula is C9H6N2O2. The number of carboxylic acid groups (broad SMARTS) is 1. The van der Waals surface area contributed by atoms with Gasteiger partial charge in [-0.3, -0.25) is 0 Å². The van der Waals surface area contributed by atoms with Crippen molar-refractivity contribution in [1.82, 2.24) is 0 Å². The number of azo groups is 1. The second-order valence-electron chi connectivity index (χ2n) is 3.35. The molecule has 1 aliphatic heterocycles. The lowest BCUT2D eigenvalue weighted by Crippen LogP contribution is -2.42. The van der Waals surface area contributed by atoms with E-state index in [0.29, 0.717) is 12.1 Å². The highest BCUT2D eigenvalue weighted by molar-refractivity contribution is 5.89. The van der Waals surface area contributed by atoms with Gasteiger partial charge in [-0.05, 0) is 11.6 Å². The van der Waals surface area contributed by atoms with Crippen LogP contribution in [0.2, 0.25) is 0 Å². The minimum atomic E-state index is -1.04. The molecule has 1 aromatic carbocycles. The standard InChI is InChI=1S/C9H6N2O2/c12-8(13)9-4-5-2-1-3-6(7(5)9)10-11-9/h1-3H,4H2,(H,12,13). The molecule has 0 saturated heterocycles. The van der Waals surface area contributed by atoms with Crippen molar-refractivity contribution in [3.8, 4) is 0 Å². The van der Waals surface area contributed by atoms with E-state index in [1.165, 1.54) is 0 Å². The lowest BCUT2D eigenvalue weighted by molar-refractivity contribution is -0.144. The van der Waals surface area contributed by atoms with Gasteiger partial charge in [0.05, 0.1) is 5.69 Å². The van der Waals surface area contributed by atoms with Crippen molar-refractivity contribution in [3.05, 3.63) is 29.3 Å². The summed E-state index contributed by atoms with van der Waals surface area (Å²) in [5.74, 6) is -0.895. The monoisotopic (exact) mass is 174 g/mol. The van der Waals surface area contributed by atoms with E-state index < -0.39 is 11.5 Å². The third-order valence-electron chi connectivity index (χ3n) is 2.67. The lowest BCUT2D eigenvalue weighted by Gasteiger charge is -2.32. The molecule has 1 aromatic rings. The van der Waals surface area contributed by atoms with Crippen molar-refractivity contribution in [1.29, 1.82) is 0 Å². The Bertz CT molecular complexity index is 453. The van der Waals surface area contributed by atoms with E-state index >= 15 is 0 Å². The zero-order valence-corrected chi connectivity index (χ0v) is 6.69. The van der Waals surface area contributed by atoms with Crippen LogP contribution in [0.1, 0.15) is 11.1 Å². The fourth-order valence-electron chi connectivity index (χ4n) is 2.00. The molecule has 0 bridgehead atoms. The van der Waals surface area contributed by atoms with E-state index in [1.54, 1.807) is 6.07 Å². The molecule has 1 atom stereocenters. The minimum Gasteiger partial charge on any atom is -0.479 e. The molecule has 0 amide bonds. The Morgan fingerprint density at radius 1 is 1.54 bits per heavy atom. The molecule has 0 radical (unpaired) electrons. The molecule has 3 rings (SSSR count). The molecule has 1 heterocycles. The van der Waals surface area contributed by atoms with E-state index in [-0.39, 0.29) is 0 Å². The van der Waals surface area contributed by atoms with Gasteiger partial charge in [-0.2, -0.15) is 10.2 Å². The van der Waals surface area contributed by atoms with Gasteiger partial charge >= 0.3 is 5.97 Å². The second-order valence-corrected chi connectivity index (χ2v) is 3.35. The Morgan fingerprint density at radius 3 is 3.15 bits per heavy atom. The molecule has 0 saturated carbocycles. The van der Waals surface area contributed by atoms with Crippen LogP contribution in [-0.2, 0) is 16.8 Å². The summed E-state index contributed by atoms with van der Waals surface area (Å²) >= 11 is 0. The van der Waals surface area contributed by atoms with Gasteiger partial charge < -0.3 is 5.11 Å². The van der Waals surface area contributed by atoms with Gasteiger partial charge in [0.15, 0.2) is 0 Å². The largest absolute Gasteiger partial charge is 0.479 e. The third-order valence-corrected chi connectivity index (χ3v) is 2.67. The Balaban J connectivity index is 2.31. The highest BCUT2D eigenvalue weighted by Crippen LogP contribution is 2.52. The minimum absolute atomic E-state index is 0.481. The van der Waals surface area contributed by atoms with Crippen LogP contribution in [0, 0.1) is 0 Å². The normalized spacial score (nSPS) is 26.8. The summed E-state index contributed by atoms with van der Waals surface area (Å²) in [5, 5.41) is 16.7. The first-order valence-corrected chi connectivity index (χ1v) is 4.03. The van der Waals surface area contributed by atoms with Gasteiger partial charge in [0.1, 0.15) is 0 Å². The summed E-state index contributed by atoms with van der Waals surface area (Å²) in [5.41, 5.74) is 1.53. The Morgan fingerprint density at radius 2 is 2.38 bits per heavy atom. The average Bonchev–Trinajstić information content (AvgIpc) is 2.39. The Kier molecular flexibility index (Phi) is 0.931. The smallest absolute Gasteiger partial charge is 0.338 e. The molecule has 2 aliphatic rings. The zero-order valence-electron chi connectivity index (χ0n) is 6.69. The van der Waals surface area contributed by atoms with E-state index in [1.807, 2.05) is 12.1 Å². The number of nitrogens with zero attached hydrogens (tertiary/aromatic N) is 2. The van der Waals surface area contributed by atoms with Crippen molar-refractivity contribution in [2.45, 2.75) is 12.0 Å². The van der Waals surface area contributed by atoms with Crippen LogP contribution in [0.3, 0.4) is 0 Å². The molecule has 4 nitrogen and oxygen atoms in total. The van der Waals surface area contributed by atoms with Crippen LogP contribution >= 0.6 is 0 Å². The van der Waals surface area contributed by atoms with Crippen molar-refractivity contribution >= 4 is 11.7 Å². The fraction of sp³-hybridized carbons (Fsp3) is 0.222.